The molecule has 132 valence electrons. The Morgan fingerprint density at radius 2 is 2.27 bits per heavy atom. The van der Waals surface area contributed by atoms with Crippen LogP contribution in [-0.2, 0) is 17.0 Å². The topological polar surface area (TPSA) is 63.7 Å². The zero-order chi connectivity index (χ0) is 17.8. The lowest BCUT2D eigenvalue weighted by molar-refractivity contribution is 0.0953. The fraction of sp³-hybridized carbons (Fsp3) is 0.316. The third-order valence-electron chi connectivity index (χ3n) is 4.29. The molecule has 3 aromatic rings. The largest absolute Gasteiger partial charge is 0.376 e. The zero-order valence-electron chi connectivity index (χ0n) is 14.2. The quantitative estimate of drug-likeness (QED) is 0.593. The lowest BCUT2D eigenvalue weighted by Gasteiger charge is -2.14. The zero-order valence-corrected chi connectivity index (χ0v) is 15.8. The van der Waals surface area contributed by atoms with Gasteiger partial charge in [-0.15, -0.1) is 21.5 Å². The van der Waals surface area contributed by atoms with Gasteiger partial charge in [0.15, 0.2) is 11.0 Å². The molecule has 0 N–H and O–H groups in total. The van der Waals surface area contributed by atoms with Crippen molar-refractivity contribution in [1.82, 2.24) is 14.8 Å². The molecular weight excluding hydrogens is 364 g/mol. The van der Waals surface area contributed by atoms with Crippen LogP contribution in [-0.4, -0.2) is 27.5 Å². The summed E-state index contributed by atoms with van der Waals surface area (Å²) in [6, 6.07) is 14.0. The molecule has 26 heavy (non-hydrogen) atoms. The maximum absolute atomic E-state index is 9.06. The molecule has 3 heterocycles. The van der Waals surface area contributed by atoms with Gasteiger partial charge in [-0.2, -0.15) is 5.26 Å². The summed E-state index contributed by atoms with van der Waals surface area (Å²) in [5, 5.41) is 20.9. The Balaban J connectivity index is 1.57. The first-order valence-corrected chi connectivity index (χ1v) is 10.4. The van der Waals surface area contributed by atoms with Gasteiger partial charge in [0, 0.05) is 12.4 Å². The van der Waals surface area contributed by atoms with Crippen LogP contribution in [0.15, 0.2) is 46.9 Å². The van der Waals surface area contributed by atoms with Gasteiger partial charge in [0.05, 0.1) is 29.2 Å². The smallest absolute Gasteiger partial charge is 0.191 e. The van der Waals surface area contributed by atoms with E-state index in [0.717, 1.165) is 53.2 Å². The van der Waals surface area contributed by atoms with E-state index in [9.17, 15) is 0 Å². The number of rotatable bonds is 6. The number of aromatic nitrogens is 3. The SMILES string of the molecule is N#Cc1cccc(CSc2nnc(-c3cccs3)n2CC2CCCO2)c1. The normalized spacial score (nSPS) is 16.7. The van der Waals surface area contributed by atoms with E-state index in [1.54, 1.807) is 23.1 Å². The molecule has 1 atom stereocenters. The molecule has 2 aromatic heterocycles. The van der Waals surface area contributed by atoms with Crippen LogP contribution in [0.4, 0.5) is 0 Å². The van der Waals surface area contributed by atoms with Crippen molar-refractivity contribution in [3.8, 4) is 16.8 Å². The summed E-state index contributed by atoms with van der Waals surface area (Å²) in [6.45, 7) is 1.62. The van der Waals surface area contributed by atoms with Crippen molar-refractivity contribution in [1.29, 1.82) is 5.26 Å². The minimum Gasteiger partial charge on any atom is -0.376 e. The van der Waals surface area contributed by atoms with Gasteiger partial charge in [0.1, 0.15) is 0 Å². The number of hydrogen-bond donors (Lipinski definition) is 0. The molecule has 1 saturated heterocycles. The highest BCUT2D eigenvalue weighted by Gasteiger charge is 2.22. The van der Waals surface area contributed by atoms with Gasteiger partial charge in [0.2, 0.25) is 0 Å². The number of hydrogen-bond acceptors (Lipinski definition) is 6. The fourth-order valence-corrected chi connectivity index (χ4v) is 4.63. The number of thioether (sulfide) groups is 1. The average molecular weight is 383 g/mol. The van der Waals surface area contributed by atoms with Crippen LogP contribution in [0.1, 0.15) is 24.0 Å². The van der Waals surface area contributed by atoms with Gasteiger partial charge in [-0.25, -0.2) is 0 Å². The van der Waals surface area contributed by atoms with Crippen molar-refractivity contribution in [3.63, 3.8) is 0 Å². The van der Waals surface area contributed by atoms with Crippen molar-refractivity contribution >= 4 is 23.1 Å². The predicted octanol–water partition coefficient (Wildman–Crippen LogP) is 4.35. The third-order valence-corrected chi connectivity index (χ3v) is 6.20. The van der Waals surface area contributed by atoms with E-state index in [0.29, 0.717) is 5.56 Å². The van der Waals surface area contributed by atoms with Crippen LogP contribution >= 0.6 is 23.1 Å². The van der Waals surface area contributed by atoms with E-state index in [2.05, 4.69) is 32.3 Å². The average Bonchev–Trinajstić information content (AvgIpc) is 3.43. The minimum atomic E-state index is 0.228. The van der Waals surface area contributed by atoms with Crippen LogP contribution < -0.4 is 0 Å². The number of ether oxygens (including phenoxy) is 1. The molecule has 1 aliphatic heterocycles. The van der Waals surface area contributed by atoms with E-state index < -0.39 is 0 Å². The second kappa shape index (κ2) is 8.04. The monoisotopic (exact) mass is 382 g/mol. The first-order valence-electron chi connectivity index (χ1n) is 8.54. The molecule has 0 spiro atoms. The van der Waals surface area contributed by atoms with Crippen LogP contribution in [0.3, 0.4) is 0 Å². The van der Waals surface area contributed by atoms with Crippen LogP contribution in [0.2, 0.25) is 0 Å². The molecule has 0 aliphatic carbocycles. The molecule has 0 saturated carbocycles. The Morgan fingerprint density at radius 3 is 3.04 bits per heavy atom. The molecule has 7 heteroatoms. The second-order valence-corrected chi connectivity index (χ2v) is 8.02. The molecule has 1 aromatic carbocycles. The summed E-state index contributed by atoms with van der Waals surface area (Å²) >= 11 is 3.32. The number of thiophene rings is 1. The second-order valence-electron chi connectivity index (χ2n) is 6.13. The minimum absolute atomic E-state index is 0.228. The summed E-state index contributed by atoms with van der Waals surface area (Å²) in [5.74, 6) is 1.66. The van der Waals surface area contributed by atoms with Crippen molar-refractivity contribution in [2.45, 2.75) is 36.4 Å². The summed E-state index contributed by atoms with van der Waals surface area (Å²) in [6.07, 6.45) is 2.42. The van der Waals surface area contributed by atoms with Gasteiger partial charge < -0.3 is 4.74 Å². The lowest BCUT2D eigenvalue weighted by Crippen LogP contribution is -2.16. The predicted molar refractivity (Wildman–Crippen MR) is 103 cm³/mol. The number of nitrogens with zero attached hydrogens (tertiary/aromatic N) is 4. The maximum atomic E-state index is 9.06. The highest BCUT2D eigenvalue weighted by Crippen LogP contribution is 2.30. The summed E-state index contributed by atoms with van der Waals surface area (Å²) in [4.78, 5) is 1.12. The van der Waals surface area contributed by atoms with E-state index in [-0.39, 0.29) is 6.10 Å². The molecule has 4 rings (SSSR count). The molecular formula is C19H18N4OS2. The Labute approximate surface area is 160 Å². The third kappa shape index (κ3) is 3.83. The van der Waals surface area contributed by atoms with Crippen LogP contribution in [0, 0.1) is 11.3 Å². The lowest BCUT2D eigenvalue weighted by atomic mass is 10.2. The van der Waals surface area contributed by atoms with Gasteiger partial charge in [0.25, 0.3) is 0 Å². The molecule has 1 aliphatic rings. The van der Waals surface area contributed by atoms with E-state index in [1.165, 1.54) is 0 Å². The van der Waals surface area contributed by atoms with Crippen LogP contribution in [0.25, 0.3) is 10.7 Å². The van der Waals surface area contributed by atoms with Crippen molar-refractivity contribution in [3.05, 3.63) is 52.9 Å². The van der Waals surface area contributed by atoms with Gasteiger partial charge in [-0.05, 0) is 42.0 Å². The maximum Gasteiger partial charge on any atom is 0.191 e. The highest BCUT2D eigenvalue weighted by atomic mass is 32.2. The summed E-state index contributed by atoms with van der Waals surface area (Å²) in [7, 11) is 0. The van der Waals surface area contributed by atoms with Crippen molar-refractivity contribution in [2.75, 3.05) is 6.61 Å². The van der Waals surface area contributed by atoms with E-state index in [1.807, 2.05) is 30.3 Å². The highest BCUT2D eigenvalue weighted by molar-refractivity contribution is 7.98. The fourth-order valence-electron chi connectivity index (χ4n) is 3.02. The molecule has 0 amide bonds. The number of nitriles is 1. The molecule has 0 bridgehead atoms. The van der Waals surface area contributed by atoms with Crippen molar-refractivity contribution < 1.29 is 4.74 Å². The Kier molecular flexibility index (Phi) is 5.34. The van der Waals surface area contributed by atoms with Gasteiger partial charge >= 0.3 is 0 Å². The Hall–Kier alpha value is -2.14. The molecule has 0 radical (unpaired) electrons. The summed E-state index contributed by atoms with van der Waals surface area (Å²) < 4.78 is 8.01. The Morgan fingerprint density at radius 1 is 1.31 bits per heavy atom. The van der Waals surface area contributed by atoms with Gasteiger partial charge in [-0.3, -0.25) is 4.57 Å². The van der Waals surface area contributed by atoms with Crippen LogP contribution in [0.5, 0.6) is 0 Å². The standard InChI is InChI=1S/C19H18N4OS2/c20-11-14-4-1-5-15(10-14)13-26-19-22-21-18(17-7-3-9-25-17)23(19)12-16-6-2-8-24-16/h1,3-5,7,9-10,16H,2,6,8,12-13H2. The summed E-state index contributed by atoms with van der Waals surface area (Å²) in [5.41, 5.74) is 1.79. The first kappa shape index (κ1) is 17.3. The first-order chi connectivity index (χ1) is 12.8. The molecule has 1 fully saturated rings. The van der Waals surface area contributed by atoms with Crippen molar-refractivity contribution in [2.24, 2.45) is 0 Å². The van der Waals surface area contributed by atoms with E-state index >= 15 is 0 Å². The Bertz CT molecular complexity index is 908. The van der Waals surface area contributed by atoms with E-state index in [4.69, 9.17) is 10.00 Å². The molecule has 1 unspecified atom stereocenters. The number of benzene rings is 1. The van der Waals surface area contributed by atoms with Gasteiger partial charge in [-0.1, -0.05) is 30.0 Å². The molecule has 5 nitrogen and oxygen atoms in total.